The molecule has 0 saturated heterocycles. The number of halogens is 3. The SMILES string of the molecule is CN=C(NCc1ccc(OC)nc1)NCc1nc(C(F)(F)F)cs1. The summed E-state index contributed by atoms with van der Waals surface area (Å²) in [4.78, 5) is 11.6. The van der Waals surface area contributed by atoms with Crippen molar-refractivity contribution in [1.82, 2.24) is 20.6 Å². The van der Waals surface area contributed by atoms with Crippen molar-refractivity contribution in [2.45, 2.75) is 19.3 Å². The molecular weight excluding hydrogens is 343 g/mol. The van der Waals surface area contributed by atoms with E-state index in [-0.39, 0.29) is 6.54 Å². The summed E-state index contributed by atoms with van der Waals surface area (Å²) in [6, 6.07) is 3.59. The number of nitrogens with one attached hydrogen (secondary N) is 2. The van der Waals surface area contributed by atoms with Gasteiger partial charge in [0.2, 0.25) is 5.88 Å². The van der Waals surface area contributed by atoms with Crippen LogP contribution < -0.4 is 15.4 Å². The van der Waals surface area contributed by atoms with Gasteiger partial charge in [0, 0.05) is 31.2 Å². The van der Waals surface area contributed by atoms with Crippen molar-refractivity contribution in [3.63, 3.8) is 0 Å². The van der Waals surface area contributed by atoms with E-state index in [0.717, 1.165) is 22.3 Å². The average molecular weight is 359 g/mol. The van der Waals surface area contributed by atoms with Gasteiger partial charge in [-0.1, -0.05) is 6.07 Å². The van der Waals surface area contributed by atoms with Crippen LogP contribution in [0.4, 0.5) is 13.2 Å². The van der Waals surface area contributed by atoms with Crippen molar-refractivity contribution in [2.75, 3.05) is 14.2 Å². The van der Waals surface area contributed by atoms with E-state index in [0.29, 0.717) is 23.4 Å². The van der Waals surface area contributed by atoms with Crippen LogP contribution in [0.1, 0.15) is 16.3 Å². The van der Waals surface area contributed by atoms with Crippen molar-refractivity contribution in [1.29, 1.82) is 0 Å². The standard InChI is InChI=1S/C14H16F3N5OS/c1-18-13(20-6-9-3-4-11(23-2)19-5-9)21-7-12-22-10(8-24-12)14(15,16)17/h3-5,8H,6-7H2,1-2H3,(H2,18,20,21). The Balaban J connectivity index is 1.85. The summed E-state index contributed by atoms with van der Waals surface area (Å²) >= 11 is 0.947. The third kappa shape index (κ3) is 5.08. The van der Waals surface area contributed by atoms with Crippen LogP contribution in [0.2, 0.25) is 0 Å². The van der Waals surface area contributed by atoms with Crippen molar-refractivity contribution >= 4 is 17.3 Å². The molecule has 0 aliphatic carbocycles. The van der Waals surface area contributed by atoms with Gasteiger partial charge in [-0.2, -0.15) is 13.2 Å². The maximum Gasteiger partial charge on any atom is 0.434 e. The van der Waals surface area contributed by atoms with Crippen LogP contribution >= 0.6 is 11.3 Å². The number of aliphatic imine (C=N–C) groups is 1. The molecule has 0 aliphatic heterocycles. The minimum Gasteiger partial charge on any atom is -0.481 e. The highest BCUT2D eigenvalue weighted by atomic mass is 32.1. The van der Waals surface area contributed by atoms with Crippen molar-refractivity contribution in [2.24, 2.45) is 4.99 Å². The number of guanidine groups is 1. The van der Waals surface area contributed by atoms with Gasteiger partial charge >= 0.3 is 6.18 Å². The Bertz CT molecular complexity index is 684. The summed E-state index contributed by atoms with van der Waals surface area (Å²) in [6.07, 6.45) is -2.76. The second-order valence-corrected chi connectivity index (χ2v) is 5.56. The van der Waals surface area contributed by atoms with E-state index in [1.165, 1.54) is 7.11 Å². The van der Waals surface area contributed by atoms with E-state index >= 15 is 0 Å². The highest BCUT2D eigenvalue weighted by Gasteiger charge is 2.33. The molecular formula is C14H16F3N5OS. The minimum atomic E-state index is -4.42. The van der Waals surface area contributed by atoms with Gasteiger partial charge in [-0.05, 0) is 5.56 Å². The van der Waals surface area contributed by atoms with E-state index < -0.39 is 11.9 Å². The number of thiazole rings is 1. The van der Waals surface area contributed by atoms with Crippen LogP contribution in [0.15, 0.2) is 28.7 Å². The lowest BCUT2D eigenvalue weighted by Crippen LogP contribution is -2.36. The number of ether oxygens (including phenoxy) is 1. The molecule has 0 aliphatic rings. The Labute approximate surface area is 140 Å². The lowest BCUT2D eigenvalue weighted by atomic mass is 10.3. The van der Waals surface area contributed by atoms with Crippen molar-refractivity contribution in [3.05, 3.63) is 40.0 Å². The molecule has 2 N–H and O–H groups in total. The molecule has 0 bridgehead atoms. The van der Waals surface area contributed by atoms with Crippen LogP contribution in [0.3, 0.4) is 0 Å². The third-order valence-corrected chi connectivity index (χ3v) is 3.79. The van der Waals surface area contributed by atoms with E-state index in [1.807, 2.05) is 6.07 Å². The zero-order valence-electron chi connectivity index (χ0n) is 13.0. The predicted molar refractivity (Wildman–Crippen MR) is 84.9 cm³/mol. The first kappa shape index (κ1) is 18.0. The van der Waals surface area contributed by atoms with Crippen LogP contribution in [-0.2, 0) is 19.3 Å². The molecule has 24 heavy (non-hydrogen) atoms. The van der Waals surface area contributed by atoms with Gasteiger partial charge in [-0.3, -0.25) is 4.99 Å². The number of pyridine rings is 1. The summed E-state index contributed by atoms with van der Waals surface area (Å²) in [7, 11) is 3.11. The van der Waals surface area contributed by atoms with Gasteiger partial charge in [-0.15, -0.1) is 11.3 Å². The van der Waals surface area contributed by atoms with E-state index in [4.69, 9.17) is 4.74 Å². The molecule has 0 fully saturated rings. The lowest BCUT2D eigenvalue weighted by molar-refractivity contribution is -0.140. The largest absolute Gasteiger partial charge is 0.481 e. The summed E-state index contributed by atoms with van der Waals surface area (Å²) in [5.41, 5.74) is 0.0314. The quantitative estimate of drug-likeness (QED) is 0.634. The second-order valence-electron chi connectivity index (χ2n) is 4.61. The number of alkyl halides is 3. The van der Waals surface area contributed by atoms with E-state index in [1.54, 1.807) is 19.3 Å². The molecule has 0 amide bonds. The fourth-order valence-electron chi connectivity index (χ4n) is 1.72. The molecule has 2 aromatic heterocycles. The van der Waals surface area contributed by atoms with E-state index in [2.05, 4.69) is 25.6 Å². The molecule has 6 nitrogen and oxygen atoms in total. The first-order chi connectivity index (χ1) is 11.4. The van der Waals surface area contributed by atoms with Gasteiger partial charge in [-0.25, -0.2) is 9.97 Å². The van der Waals surface area contributed by atoms with Crippen LogP contribution in [-0.4, -0.2) is 30.1 Å². The Morgan fingerprint density at radius 2 is 2.04 bits per heavy atom. The Morgan fingerprint density at radius 3 is 2.58 bits per heavy atom. The number of nitrogens with zero attached hydrogens (tertiary/aromatic N) is 3. The number of hydrogen-bond donors (Lipinski definition) is 2. The number of hydrogen-bond acceptors (Lipinski definition) is 5. The van der Waals surface area contributed by atoms with Gasteiger partial charge in [0.05, 0.1) is 13.7 Å². The number of rotatable bonds is 5. The molecule has 2 rings (SSSR count). The number of methoxy groups -OCH3 is 1. The van der Waals surface area contributed by atoms with E-state index in [9.17, 15) is 13.2 Å². The molecule has 0 radical (unpaired) electrons. The second kappa shape index (κ2) is 7.95. The molecule has 130 valence electrons. The van der Waals surface area contributed by atoms with Crippen LogP contribution in [0.25, 0.3) is 0 Å². The van der Waals surface area contributed by atoms with Crippen LogP contribution in [0.5, 0.6) is 5.88 Å². The maximum atomic E-state index is 12.5. The summed E-state index contributed by atoms with van der Waals surface area (Å²) < 4.78 is 42.5. The monoisotopic (exact) mass is 359 g/mol. The molecule has 0 unspecified atom stereocenters. The van der Waals surface area contributed by atoms with Gasteiger partial charge in [0.25, 0.3) is 0 Å². The highest BCUT2D eigenvalue weighted by Crippen LogP contribution is 2.29. The fraction of sp³-hybridized carbons (Fsp3) is 0.357. The fourth-order valence-corrected chi connectivity index (χ4v) is 2.46. The van der Waals surface area contributed by atoms with Gasteiger partial charge in [0.1, 0.15) is 5.01 Å². The van der Waals surface area contributed by atoms with Crippen molar-refractivity contribution in [3.8, 4) is 5.88 Å². The molecule has 0 spiro atoms. The third-order valence-electron chi connectivity index (χ3n) is 2.94. The minimum absolute atomic E-state index is 0.154. The lowest BCUT2D eigenvalue weighted by Gasteiger charge is -2.11. The molecule has 2 heterocycles. The Morgan fingerprint density at radius 1 is 1.29 bits per heavy atom. The summed E-state index contributed by atoms with van der Waals surface area (Å²) in [5, 5.41) is 7.29. The summed E-state index contributed by atoms with van der Waals surface area (Å²) in [6.45, 7) is 0.615. The maximum absolute atomic E-state index is 12.5. The summed E-state index contributed by atoms with van der Waals surface area (Å²) in [5.74, 6) is 0.972. The van der Waals surface area contributed by atoms with Gasteiger partial charge < -0.3 is 15.4 Å². The first-order valence-corrected chi connectivity index (χ1v) is 7.75. The molecule has 0 saturated carbocycles. The molecule has 0 atom stereocenters. The zero-order chi connectivity index (χ0) is 17.6. The average Bonchev–Trinajstić information content (AvgIpc) is 3.05. The van der Waals surface area contributed by atoms with Crippen molar-refractivity contribution < 1.29 is 17.9 Å². The van der Waals surface area contributed by atoms with Gasteiger partial charge in [0.15, 0.2) is 11.7 Å². The predicted octanol–water partition coefficient (Wildman–Crippen LogP) is 2.43. The first-order valence-electron chi connectivity index (χ1n) is 6.87. The smallest absolute Gasteiger partial charge is 0.434 e. The Kier molecular flexibility index (Phi) is 5.96. The topological polar surface area (TPSA) is 71.4 Å². The zero-order valence-corrected chi connectivity index (χ0v) is 13.8. The highest BCUT2D eigenvalue weighted by molar-refractivity contribution is 7.09. The number of aromatic nitrogens is 2. The molecule has 10 heteroatoms. The molecule has 2 aromatic rings. The normalized spacial score (nSPS) is 12.1. The van der Waals surface area contributed by atoms with Crippen LogP contribution in [0, 0.1) is 0 Å². The Hall–Kier alpha value is -2.36. The molecule has 0 aromatic carbocycles.